The van der Waals surface area contributed by atoms with Crippen LogP contribution in [0.15, 0.2) is 23.2 Å². The molecular formula is C13H17NO6S. The number of hydrogen-bond donors (Lipinski definition) is 2. The van der Waals surface area contributed by atoms with E-state index < -0.39 is 22.3 Å². The minimum absolute atomic E-state index is 0.124. The predicted molar refractivity (Wildman–Crippen MR) is 75.9 cm³/mol. The van der Waals surface area contributed by atoms with Gasteiger partial charge >= 0.3 is 0 Å². The molecule has 0 aliphatic carbocycles. The van der Waals surface area contributed by atoms with Crippen LogP contribution in [0, 0.1) is 6.92 Å². The standard InChI is InChI=1S/C13H17NO6S/c1-8-9(4-3-5-11(8)15)13-14-10(6-19-13)12(16)7-20-21(2,17)18/h3-5,10,12,15-16H,6-7H2,1-2H3/t10-,12?/m0/s1. The van der Waals surface area contributed by atoms with Crippen molar-refractivity contribution in [3.63, 3.8) is 0 Å². The van der Waals surface area contributed by atoms with E-state index in [0.29, 0.717) is 17.0 Å². The zero-order valence-electron chi connectivity index (χ0n) is 11.7. The van der Waals surface area contributed by atoms with E-state index in [9.17, 15) is 18.6 Å². The van der Waals surface area contributed by atoms with Gasteiger partial charge in [0, 0.05) is 11.1 Å². The maximum absolute atomic E-state index is 10.9. The number of nitrogens with zero attached hydrogens (tertiary/aromatic N) is 1. The summed E-state index contributed by atoms with van der Waals surface area (Å²) in [4.78, 5) is 4.22. The Bertz CT molecular complexity index is 655. The average molecular weight is 315 g/mol. The number of hydrogen-bond acceptors (Lipinski definition) is 7. The summed E-state index contributed by atoms with van der Waals surface area (Å²) in [5.41, 5.74) is 1.26. The first-order valence-electron chi connectivity index (χ1n) is 6.30. The first-order valence-corrected chi connectivity index (χ1v) is 8.11. The largest absolute Gasteiger partial charge is 0.508 e. The third-order valence-corrected chi connectivity index (χ3v) is 3.67. The fourth-order valence-electron chi connectivity index (χ4n) is 1.89. The first-order chi connectivity index (χ1) is 9.78. The van der Waals surface area contributed by atoms with Gasteiger partial charge in [0.05, 0.1) is 12.9 Å². The Hall–Kier alpha value is -1.64. The lowest BCUT2D eigenvalue weighted by atomic mass is 10.1. The van der Waals surface area contributed by atoms with Crippen molar-refractivity contribution in [1.29, 1.82) is 0 Å². The van der Waals surface area contributed by atoms with Crippen molar-refractivity contribution in [2.75, 3.05) is 19.5 Å². The summed E-state index contributed by atoms with van der Waals surface area (Å²) >= 11 is 0. The van der Waals surface area contributed by atoms with E-state index in [4.69, 9.17) is 4.74 Å². The van der Waals surface area contributed by atoms with Crippen molar-refractivity contribution < 1.29 is 27.6 Å². The summed E-state index contributed by atoms with van der Waals surface area (Å²) < 4.78 is 31.7. The van der Waals surface area contributed by atoms with E-state index in [2.05, 4.69) is 9.18 Å². The normalized spacial score (nSPS) is 20.0. The Morgan fingerprint density at radius 1 is 1.52 bits per heavy atom. The topological polar surface area (TPSA) is 105 Å². The molecule has 1 aromatic carbocycles. The molecule has 0 spiro atoms. The smallest absolute Gasteiger partial charge is 0.264 e. The number of aliphatic hydroxyl groups excluding tert-OH is 1. The fourth-order valence-corrected chi connectivity index (χ4v) is 2.28. The number of phenols is 1. The van der Waals surface area contributed by atoms with Crippen molar-refractivity contribution in [2.45, 2.75) is 19.1 Å². The first kappa shape index (κ1) is 15.7. The molecule has 0 aromatic heterocycles. The number of aromatic hydroxyl groups is 1. The SMILES string of the molecule is Cc1c(O)cccc1C1=N[C@H](C(O)COS(C)(=O)=O)CO1. The van der Waals surface area contributed by atoms with Gasteiger partial charge in [0.2, 0.25) is 5.90 Å². The molecule has 21 heavy (non-hydrogen) atoms. The van der Waals surface area contributed by atoms with Gasteiger partial charge in [-0.25, -0.2) is 4.99 Å². The second-order valence-electron chi connectivity index (χ2n) is 4.82. The van der Waals surface area contributed by atoms with E-state index in [-0.39, 0.29) is 19.0 Å². The fraction of sp³-hybridized carbons (Fsp3) is 0.462. The lowest BCUT2D eigenvalue weighted by Gasteiger charge is -2.12. The number of aliphatic imine (C=N–C) groups is 1. The molecule has 0 radical (unpaired) electrons. The molecule has 0 fully saturated rings. The number of rotatable bonds is 5. The van der Waals surface area contributed by atoms with Crippen molar-refractivity contribution in [3.05, 3.63) is 29.3 Å². The van der Waals surface area contributed by atoms with Gasteiger partial charge in [-0.2, -0.15) is 8.42 Å². The van der Waals surface area contributed by atoms with Gasteiger partial charge in [-0.1, -0.05) is 6.07 Å². The van der Waals surface area contributed by atoms with Crippen LogP contribution in [0.3, 0.4) is 0 Å². The van der Waals surface area contributed by atoms with Gasteiger partial charge in [-0.05, 0) is 19.1 Å². The molecule has 1 aromatic rings. The summed E-state index contributed by atoms with van der Waals surface area (Å²) in [6, 6.07) is 4.36. The van der Waals surface area contributed by atoms with Crippen LogP contribution in [0.4, 0.5) is 0 Å². The number of phenolic OH excluding ortho intramolecular Hbond substituents is 1. The van der Waals surface area contributed by atoms with E-state index in [1.165, 1.54) is 0 Å². The molecule has 0 saturated heterocycles. The van der Waals surface area contributed by atoms with Gasteiger partial charge in [-0.3, -0.25) is 4.18 Å². The second kappa shape index (κ2) is 6.00. The summed E-state index contributed by atoms with van der Waals surface area (Å²) in [6.45, 7) is 1.48. The number of benzene rings is 1. The van der Waals surface area contributed by atoms with Crippen LogP contribution in [0.25, 0.3) is 0 Å². The molecule has 1 aliphatic rings. The van der Waals surface area contributed by atoms with Crippen LogP contribution in [0.1, 0.15) is 11.1 Å². The minimum atomic E-state index is -3.61. The van der Waals surface area contributed by atoms with E-state index in [1.54, 1.807) is 25.1 Å². The van der Waals surface area contributed by atoms with Gasteiger partial charge in [-0.15, -0.1) is 0 Å². The highest BCUT2D eigenvalue weighted by Gasteiger charge is 2.28. The van der Waals surface area contributed by atoms with E-state index in [1.807, 2.05) is 0 Å². The summed E-state index contributed by atoms with van der Waals surface area (Å²) in [5.74, 6) is 0.440. The molecule has 2 atom stereocenters. The molecule has 8 heteroatoms. The Morgan fingerprint density at radius 3 is 2.90 bits per heavy atom. The van der Waals surface area contributed by atoms with Gasteiger partial charge < -0.3 is 14.9 Å². The van der Waals surface area contributed by atoms with Crippen LogP contribution in [0.5, 0.6) is 5.75 Å². The van der Waals surface area contributed by atoms with Crippen LogP contribution in [-0.4, -0.2) is 56.1 Å². The molecule has 7 nitrogen and oxygen atoms in total. The highest BCUT2D eigenvalue weighted by Crippen LogP contribution is 2.23. The van der Waals surface area contributed by atoms with Gasteiger partial charge in [0.25, 0.3) is 10.1 Å². The van der Waals surface area contributed by atoms with Crippen molar-refractivity contribution in [2.24, 2.45) is 4.99 Å². The number of aliphatic hydroxyl groups is 1. The van der Waals surface area contributed by atoms with Gasteiger partial charge in [0.15, 0.2) is 0 Å². The molecular weight excluding hydrogens is 298 g/mol. The lowest BCUT2D eigenvalue weighted by molar-refractivity contribution is 0.0796. The molecule has 1 aliphatic heterocycles. The Kier molecular flexibility index (Phi) is 4.50. The zero-order chi connectivity index (χ0) is 15.6. The Balaban J connectivity index is 2.10. The highest BCUT2D eigenvalue weighted by molar-refractivity contribution is 7.85. The molecule has 0 amide bonds. The third-order valence-electron chi connectivity index (χ3n) is 3.11. The molecule has 1 heterocycles. The summed E-state index contributed by atoms with van der Waals surface area (Å²) in [6.07, 6.45) is -0.176. The molecule has 1 unspecified atom stereocenters. The summed E-state index contributed by atoms with van der Waals surface area (Å²) in [5, 5.41) is 19.5. The molecule has 2 N–H and O–H groups in total. The van der Waals surface area contributed by atoms with Crippen LogP contribution in [0.2, 0.25) is 0 Å². The van der Waals surface area contributed by atoms with E-state index >= 15 is 0 Å². The van der Waals surface area contributed by atoms with Crippen LogP contribution >= 0.6 is 0 Å². The van der Waals surface area contributed by atoms with Crippen LogP contribution < -0.4 is 0 Å². The predicted octanol–water partition coefficient (Wildman–Crippen LogP) is 0.183. The quantitative estimate of drug-likeness (QED) is 0.751. The number of ether oxygens (including phenoxy) is 1. The molecule has 0 bridgehead atoms. The van der Waals surface area contributed by atoms with Crippen molar-refractivity contribution in [3.8, 4) is 5.75 Å². The lowest BCUT2D eigenvalue weighted by Crippen LogP contribution is -2.31. The van der Waals surface area contributed by atoms with Gasteiger partial charge in [0.1, 0.15) is 24.5 Å². The minimum Gasteiger partial charge on any atom is -0.508 e. The molecule has 2 rings (SSSR count). The van der Waals surface area contributed by atoms with Crippen molar-refractivity contribution in [1.82, 2.24) is 0 Å². The van der Waals surface area contributed by atoms with Crippen molar-refractivity contribution >= 4 is 16.0 Å². The highest BCUT2D eigenvalue weighted by atomic mass is 32.2. The zero-order valence-corrected chi connectivity index (χ0v) is 12.5. The molecule has 0 saturated carbocycles. The Morgan fingerprint density at radius 2 is 2.24 bits per heavy atom. The second-order valence-corrected chi connectivity index (χ2v) is 6.46. The maximum Gasteiger partial charge on any atom is 0.264 e. The third kappa shape index (κ3) is 3.93. The Labute approximate surface area is 123 Å². The summed E-state index contributed by atoms with van der Waals surface area (Å²) in [7, 11) is -3.61. The molecule has 116 valence electrons. The maximum atomic E-state index is 10.9. The monoisotopic (exact) mass is 315 g/mol. The average Bonchev–Trinajstić information content (AvgIpc) is 2.88. The van der Waals surface area contributed by atoms with E-state index in [0.717, 1.165) is 6.26 Å². The van der Waals surface area contributed by atoms with Crippen LogP contribution in [-0.2, 0) is 19.0 Å².